The Labute approximate surface area is 191 Å². The summed E-state index contributed by atoms with van der Waals surface area (Å²) in [6.45, 7) is 7.06. The zero-order valence-corrected chi connectivity index (χ0v) is 20.3. The molecule has 1 aliphatic rings. The Morgan fingerprint density at radius 1 is 1.24 bits per heavy atom. The first-order valence-corrected chi connectivity index (χ1v) is 10.00. The van der Waals surface area contributed by atoms with Gasteiger partial charge in [0.1, 0.15) is 0 Å². The number of amides is 1. The van der Waals surface area contributed by atoms with E-state index in [-0.39, 0.29) is 29.9 Å². The van der Waals surface area contributed by atoms with E-state index in [1.54, 1.807) is 14.2 Å². The van der Waals surface area contributed by atoms with Gasteiger partial charge in [-0.25, -0.2) is 0 Å². The summed E-state index contributed by atoms with van der Waals surface area (Å²) in [4.78, 5) is 18.8. The van der Waals surface area contributed by atoms with Crippen LogP contribution in [0, 0.1) is 5.92 Å². The number of hydrogen-bond acceptors (Lipinski definition) is 4. The summed E-state index contributed by atoms with van der Waals surface area (Å²) in [5.41, 5.74) is 8.18. The lowest BCUT2D eigenvalue weighted by molar-refractivity contribution is -0.132. The van der Waals surface area contributed by atoms with E-state index in [4.69, 9.17) is 15.2 Å². The van der Waals surface area contributed by atoms with Crippen LogP contribution in [-0.4, -0.2) is 50.6 Å². The summed E-state index contributed by atoms with van der Waals surface area (Å²) in [6.07, 6.45) is 3.06. The van der Waals surface area contributed by atoms with E-state index in [0.717, 1.165) is 37.2 Å². The fourth-order valence-corrected chi connectivity index (χ4v) is 3.23. The molecular weight excluding hydrogens is 483 g/mol. The Balaban J connectivity index is 0.00000420. The maximum atomic E-state index is 12.6. The number of nitrogens with zero attached hydrogens (tertiary/aromatic N) is 2. The van der Waals surface area contributed by atoms with Crippen molar-refractivity contribution in [3.05, 3.63) is 23.3 Å². The van der Waals surface area contributed by atoms with Crippen molar-refractivity contribution < 1.29 is 14.3 Å². The lowest BCUT2D eigenvalue weighted by Crippen LogP contribution is -2.36. The van der Waals surface area contributed by atoms with Gasteiger partial charge >= 0.3 is 0 Å². The molecule has 29 heavy (non-hydrogen) atoms. The van der Waals surface area contributed by atoms with Crippen LogP contribution in [0.4, 0.5) is 0 Å². The number of nitrogens with two attached hydrogens (primary N) is 1. The molecule has 1 heterocycles. The van der Waals surface area contributed by atoms with Crippen LogP contribution >= 0.6 is 24.0 Å². The molecule has 0 aliphatic carbocycles. The molecule has 2 rings (SSSR count). The molecule has 0 spiro atoms. The van der Waals surface area contributed by atoms with Gasteiger partial charge in [-0.2, -0.15) is 0 Å². The van der Waals surface area contributed by atoms with Crippen LogP contribution in [0.25, 0.3) is 0 Å². The van der Waals surface area contributed by atoms with Gasteiger partial charge in [0.25, 0.3) is 0 Å². The minimum absolute atomic E-state index is 0. The number of benzene rings is 1. The van der Waals surface area contributed by atoms with Gasteiger partial charge in [-0.1, -0.05) is 13.8 Å². The van der Waals surface area contributed by atoms with Crippen molar-refractivity contribution in [2.75, 3.05) is 33.9 Å². The summed E-state index contributed by atoms with van der Waals surface area (Å²) >= 11 is 0. The highest BCUT2D eigenvalue weighted by molar-refractivity contribution is 14.0. The largest absolute Gasteiger partial charge is 0.493 e. The van der Waals surface area contributed by atoms with Gasteiger partial charge in [-0.3, -0.25) is 9.79 Å². The van der Waals surface area contributed by atoms with Gasteiger partial charge in [0.15, 0.2) is 17.5 Å². The van der Waals surface area contributed by atoms with Crippen LogP contribution in [0.5, 0.6) is 11.5 Å². The van der Waals surface area contributed by atoms with Crippen LogP contribution < -0.4 is 20.5 Å². The molecule has 1 aromatic carbocycles. The second-order valence-electron chi connectivity index (χ2n) is 7.52. The van der Waals surface area contributed by atoms with E-state index >= 15 is 0 Å². The zero-order chi connectivity index (χ0) is 20.5. The lowest BCUT2D eigenvalue weighted by Gasteiger charge is -2.29. The van der Waals surface area contributed by atoms with E-state index in [0.29, 0.717) is 43.6 Å². The average Bonchev–Trinajstić information content (AvgIpc) is 2.69. The Kier molecular flexibility index (Phi) is 11.2. The van der Waals surface area contributed by atoms with Crippen LogP contribution in [0.1, 0.15) is 44.2 Å². The third-order valence-corrected chi connectivity index (χ3v) is 4.93. The fraction of sp³-hybridized carbons (Fsp3) is 0.619. The quantitative estimate of drug-likeness (QED) is 0.227. The molecule has 0 unspecified atom stereocenters. The van der Waals surface area contributed by atoms with Crippen molar-refractivity contribution in [2.24, 2.45) is 16.6 Å². The molecule has 1 aromatic rings. The number of fused-ring (bicyclic) bond motifs is 1. The van der Waals surface area contributed by atoms with Gasteiger partial charge in [0.05, 0.1) is 14.2 Å². The van der Waals surface area contributed by atoms with Crippen molar-refractivity contribution in [1.29, 1.82) is 0 Å². The fourth-order valence-electron chi connectivity index (χ4n) is 3.23. The topological polar surface area (TPSA) is 89.2 Å². The molecule has 0 fully saturated rings. The number of ether oxygens (including phenoxy) is 2. The van der Waals surface area contributed by atoms with Gasteiger partial charge in [-0.15, -0.1) is 24.0 Å². The van der Waals surface area contributed by atoms with Crippen molar-refractivity contribution in [1.82, 2.24) is 10.2 Å². The number of halogens is 1. The molecular formula is C21H35IN4O3. The molecule has 0 bridgehead atoms. The van der Waals surface area contributed by atoms with Crippen molar-refractivity contribution in [3.8, 4) is 11.5 Å². The van der Waals surface area contributed by atoms with E-state index in [1.807, 2.05) is 17.0 Å². The number of aliphatic imine (C=N–C) groups is 1. The molecule has 1 aliphatic heterocycles. The highest BCUT2D eigenvalue weighted by atomic mass is 127. The normalized spacial score (nSPS) is 13.6. The molecule has 7 nitrogen and oxygen atoms in total. The molecule has 164 valence electrons. The number of hydrogen-bond donors (Lipinski definition) is 2. The second kappa shape index (κ2) is 12.8. The Morgan fingerprint density at radius 3 is 2.52 bits per heavy atom. The van der Waals surface area contributed by atoms with E-state index in [1.165, 1.54) is 5.56 Å². The minimum Gasteiger partial charge on any atom is -0.493 e. The maximum Gasteiger partial charge on any atom is 0.222 e. The molecule has 0 atom stereocenters. The third-order valence-electron chi connectivity index (χ3n) is 4.93. The Morgan fingerprint density at radius 2 is 1.90 bits per heavy atom. The number of rotatable bonds is 9. The summed E-state index contributed by atoms with van der Waals surface area (Å²) in [5.74, 6) is 2.68. The summed E-state index contributed by atoms with van der Waals surface area (Å²) in [6, 6.07) is 3.99. The van der Waals surface area contributed by atoms with Crippen molar-refractivity contribution in [2.45, 2.75) is 46.1 Å². The Bertz CT molecular complexity index is 695. The molecule has 0 saturated carbocycles. The first kappa shape index (κ1) is 25.3. The lowest BCUT2D eigenvalue weighted by atomic mass is 9.98. The van der Waals surface area contributed by atoms with Gasteiger partial charge < -0.3 is 25.4 Å². The van der Waals surface area contributed by atoms with Crippen LogP contribution in [0.3, 0.4) is 0 Å². The third kappa shape index (κ3) is 7.91. The van der Waals surface area contributed by atoms with Gasteiger partial charge in [0, 0.05) is 32.6 Å². The number of guanidine groups is 1. The predicted molar refractivity (Wildman–Crippen MR) is 127 cm³/mol. The van der Waals surface area contributed by atoms with Gasteiger partial charge in [-0.05, 0) is 48.4 Å². The van der Waals surface area contributed by atoms with Crippen molar-refractivity contribution in [3.63, 3.8) is 0 Å². The summed E-state index contributed by atoms with van der Waals surface area (Å²) < 4.78 is 10.7. The number of carbonyl (C=O) groups is 1. The van der Waals surface area contributed by atoms with Crippen LogP contribution in [0.15, 0.2) is 17.1 Å². The monoisotopic (exact) mass is 518 g/mol. The first-order valence-electron chi connectivity index (χ1n) is 10.00. The average molecular weight is 518 g/mol. The van der Waals surface area contributed by atoms with Crippen LogP contribution in [-0.2, 0) is 17.8 Å². The number of nitrogens with one attached hydrogen (secondary N) is 1. The highest BCUT2D eigenvalue weighted by Gasteiger charge is 2.22. The molecule has 0 aromatic heterocycles. The van der Waals surface area contributed by atoms with Crippen LogP contribution in [0.2, 0.25) is 0 Å². The van der Waals surface area contributed by atoms with E-state index < -0.39 is 0 Å². The molecule has 8 heteroatoms. The minimum atomic E-state index is 0. The maximum absolute atomic E-state index is 12.6. The zero-order valence-electron chi connectivity index (χ0n) is 18.0. The predicted octanol–water partition coefficient (Wildman–Crippen LogP) is 2.94. The molecule has 3 N–H and O–H groups in total. The molecule has 1 amide bonds. The number of methoxy groups -OCH3 is 2. The SMILES string of the molecule is COc1cc2c(cc1OC)CN(C(=O)CCCN=C(N)NCCC(C)C)CC2.I. The molecule has 0 radical (unpaired) electrons. The highest BCUT2D eigenvalue weighted by Crippen LogP contribution is 2.33. The number of carbonyl (C=O) groups excluding carboxylic acids is 1. The second-order valence-corrected chi connectivity index (χ2v) is 7.52. The summed E-state index contributed by atoms with van der Waals surface area (Å²) in [5, 5.41) is 3.11. The van der Waals surface area contributed by atoms with Gasteiger partial charge in [0.2, 0.25) is 5.91 Å². The van der Waals surface area contributed by atoms with Crippen molar-refractivity contribution >= 4 is 35.8 Å². The summed E-state index contributed by atoms with van der Waals surface area (Å²) in [7, 11) is 3.26. The smallest absolute Gasteiger partial charge is 0.222 e. The standard InChI is InChI=1S/C21H34N4O3.HI/c1-15(2)7-10-24-21(22)23-9-5-6-20(26)25-11-8-16-12-18(27-3)19(28-4)13-17(16)14-25;/h12-13,15H,5-11,14H2,1-4H3,(H3,22,23,24);1H. The Hall–Kier alpha value is -1.71. The molecule has 0 saturated heterocycles. The first-order chi connectivity index (χ1) is 13.4. The van der Waals surface area contributed by atoms with E-state index in [9.17, 15) is 4.79 Å². The van der Waals surface area contributed by atoms with E-state index in [2.05, 4.69) is 24.2 Å².